The molecule has 0 atom stereocenters. The van der Waals surface area contributed by atoms with Gasteiger partial charge >= 0.3 is 6.03 Å². The number of anilines is 3. The number of hydrogen-bond acceptors (Lipinski definition) is 5. The average molecular weight is 358 g/mol. The smallest absolute Gasteiger partial charge is 0.323 e. The van der Waals surface area contributed by atoms with Gasteiger partial charge in [-0.05, 0) is 42.5 Å². The second kappa shape index (κ2) is 7.97. The van der Waals surface area contributed by atoms with E-state index < -0.39 is 0 Å². The first-order chi connectivity index (χ1) is 13.0. The summed E-state index contributed by atoms with van der Waals surface area (Å²) in [6, 6.07) is 17.6. The first kappa shape index (κ1) is 17.9. The highest BCUT2D eigenvalue weighted by Crippen LogP contribution is 2.22. The zero-order valence-electron chi connectivity index (χ0n) is 15.0. The van der Waals surface area contributed by atoms with Crippen LogP contribution in [-0.2, 0) is 0 Å². The Balaban J connectivity index is 1.72. The number of urea groups is 1. The molecule has 3 aromatic rings. The molecule has 27 heavy (non-hydrogen) atoms. The minimum atomic E-state index is -0.367. The second-order valence-electron chi connectivity index (χ2n) is 5.99. The quantitative estimate of drug-likeness (QED) is 0.741. The molecule has 7 heteroatoms. The van der Waals surface area contributed by atoms with Crippen molar-refractivity contribution >= 4 is 23.4 Å². The minimum Gasteiger partial charge on any atom is -0.347 e. The van der Waals surface area contributed by atoms with Crippen molar-refractivity contribution in [3.63, 3.8) is 0 Å². The van der Waals surface area contributed by atoms with Gasteiger partial charge in [0.15, 0.2) is 0 Å². The van der Waals surface area contributed by atoms with E-state index in [1.54, 1.807) is 36.5 Å². The Kier molecular flexibility index (Phi) is 5.28. The highest BCUT2D eigenvalue weighted by Gasteiger charge is 2.07. The maximum absolute atomic E-state index is 12.2. The molecule has 0 saturated carbocycles. The largest absolute Gasteiger partial charge is 0.347 e. The van der Waals surface area contributed by atoms with E-state index in [9.17, 15) is 4.79 Å². The molecule has 0 unspecified atom stereocenters. The van der Waals surface area contributed by atoms with Crippen molar-refractivity contribution in [3.05, 3.63) is 66.4 Å². The number of aromatic nitrogens is 2. The number of nitriles is 1. The zero-order chi connectivity index (χ0) is 19.2. The van der Waals surface area contributed by atoms with Crippen LogP contribution in [0.2, 0.25) is 0 Å². The molecule has 2 amide bonds. The van der Waals surface area contributed by atoms with Gasteiger partial charge in [0.2, 0.25) is 5.95 Å². The van der Waals surface area contributed by atoms with E-state index in [1.165, 1.54) is 0 Å². The summed E-state index contributed by atoms with van der Waals surface area (Å²) in [5.74, 6) is 0.615. The summed E-state index contributed by atoms with van der Waals surface area (Å²) in [6.45, 7) is 0. The zero-order valence-corrected chi connectivity index (χ0v) is 15.0. The van der Waals surface area contributed by atoms with E-state index in [1.807, 2.05) is 49.3 Å². The van der Waals surface area contributed by atoms with Crippen LogP contribution in [0.15, 0.2) is 60.8 Å². The van der Waals surface area contributed by atoms with Crippen molar-refractivity contribution in [2.45, 2.75) is 0 Å². The Hall–Kier alpha value is -3.92. The molecule has 0 spiro atoms. The summed E-state index contributed by atoms with van der Waals surface area (Å²) in [5.41, 5.74) is 3.43. The Morgan fingerprint density at radius 1 is 1.04 bits per heavy atom. The molecule has 2 aromatic carbocycles. The minimum absolute atomic E-state index is 0.367. The summed E-state index contributed by atoms with van der Waals surface area (Å²) in [7, 11) is 3.76. The molecule has 0 saturated heterocycles. The van der Waals surface area contributed by atoms with Gasteiger partial charge in [-0.2, -0.15) is 5.26 Å². The number of carbonyl (C=O) groups excluding carboxylic acids is 1. The van der Waals surface area contributed by atoms with Crippen molar-refractivity contribution in [2.24, 2.45) is 0 Å². The standard InChI is InChI=1S/C20H18N6O/c1-26(2)19-22-11-10-18(25-19)15-4-3-5-17(12-15)24-20(27)23-16-8-6-14(13-21)7-9-16/h3-12H,1-2H3,(H2,23,24,27). The lowest BCUT2D eigenvalue weighted by molar-refractivity contribution is 0.262. The van der Waals surface area contributed by atoms with Gasteiger partial charge in [-0.15, -0.1) is 0 Å². The molecule has 0 fully saturated rings. The van der Waals surface area contributed by atoms with Crippen LogP contribution in [0.4, 0.5) is 22.1 Å². The Morgan fingerprint density at radius 3 is 2.48 bits per heavy atom. The molecule has 1 aromatic heterocycles. The summed E-state index contributed by atoms with van der Waals surface area (Å²) in [4.78, 5) is 22.8. The molecular formula is C20H18N6O. The van der Waals surface area contributed by atoms with Crippen LogP contribution in [0.5, 0.6) is 0 Å². The Labute approximate surface area is 157 Å². The summed E-state index contributed by atoms with van der Waals surface area (Å²) in [5, 5.41) is 14.3. The topological polar surface area (TPSA) is 93.9 Å². The maximum atomic E-state index is 12.2. The first-order valence-corrected chi connectivity index (χ1v) is 8.24. The number of amides is 2. The maximum Gasteiger partial charge on any atom is 0.323 e. The third-order valence-corrected chi connectivity index (χ3v) is 3.73. The number of rotatable bonds is 4. The van der Waals surface area contributed by atoms with Crippen LogP contribution < -0.4 is 15.5 Å². The van der Waals surface area contributed by atoms with Crippen LogP contribution in [0.1, 0.15) is 5.56 Å². The van der Waals surface area contributed by atoms with E-state index >= 15 is 0 Å². The predicted molar refractivity (Wildman–Crippen MR) is 106 cm³/mol. The number of carbonyl (C=O) groups is 1. The van der Waals surface area contributed by atoms with Crippen molar-refractivity contribution < 1.29 is 4.79 Å². The van der Waals surface area contributed by atoms with Gasteiger partial charge in [-0.1, -0.05) is 12.1 Å². The van der Waals surface area contributed by atoms with Crippen molar-refractivity contribution in [1.29, 1.82) is 5.26 Å². The fraction of sp³-hybridized carbons (Fsp3) is 0.100. The fourth-order valence-electron chi connectivity index (χ4n) is 2.40. The van der Waals surface area contributed by atoms with Crippen molar-refractivity contribution in [2.75, 3.05) is 29.6 Å². The van der Waals surface area contributed by atoms with Gasteiger partial charge in [0.05, 0.1) is 17.3 Å². The van der Waals surface area contributed by atoms with Crippen molar-refractivity contribution in [3.8, 4) is 17.3 Å². The van der Waals surface area contributed by atoms with E-state index in [0.717, 1.165) is 11.3 Å². The number of nitrogens with one attached hydrogen (secondary N) is 2. The first-order valence-electron chi connectivity index (χ1n) is 8.24. The van der Waals surface area contributed by atoms with Gasteiger partial charge in [0.25, 0.3) is 0 Å². The lowest BCUT2D eigenvalue weighted by Crippen LogP contribution is -2.19. The summed E-state index contributed by atoms with van der Waals surface area (Å²) < 4.78 is 0. The molecule has 2 N–H and O–H groups in total. The number of nitrogens with zero attached hydrogens (tertiary/aromatic N) is 4. The molecule has 0 aliphatic rings. The van der Waals surface area contributed by atoms with Gasteiger partial charge in [-0.25, -0.2) is 14.8 Å². The lowest BCUT2D eigenvalue weighted by Gasteiger charge is -2.12. The van der Waals surface area contributed by atoms with E-state index in [-0.39, 0.29) is 6.03 Å². The number of benzene rings is 2. The lowest BCUT2D eigenvalue weighted by atomic mass is 10.1. The van der Waals surface area contributed by atoms with Crippen LogP contribution in [0, 0.1) is 11.3 Å². The van der Waals surface area contributed by atoms with Crippen LogP contribution in [0.3, 0.4) is 0 Å². The third kappa shape index (κ3) is 4.58. The monoisotopic (exact) mass is 358 g/mol. The molecule has 3 rings (SSSR count). The molecule has 1 heterocycles. The predicted octanol–water partition coefficient (Wildman–Crippen LogP) is 3.73. The Morgan fingerprint density at radius 2 is 1.78 bits per heavy atom. The molecule has 0 bridgehead atoms. The molecular weight excluding hydrogens is 340 g/mol. The molecule has 0 aliphatic carbocycles. The molecule has 7 nitrogen and oxygen atoms in total. The van der Waals surface area contributed by atoms with E-state index in [0.29, 0.717) is 22.9 Å². The van der Waals surface area contributed by atoms with Crippen molar-refractivity contribution in [1.82, 2.24) is 9.97 Å². The van der Waals surface area contributed by atoms with Gasteiger partial charge < -0.3 is 15.5 Å². The fourth-order valence-corrected chi connectivity index (χ4v) is 2.40. The summed E-state index contributed by atoms with van der Waals surface area (Å²) >= 11 is 0. The molecule has 134 valence electrons. The second-order valence-corrected chi connectivity index (χ2v) is 5.99. The number of hydrogen-bond donors (Lipinski definition) is 2. The third-order valence-electron chi connectivity index (χ3n) is 3.73. The van der Waals surface area contributed by atoms with E-state index in [2.05, 4.69) is 20.6 Å². The van der Waals surface area contributed by atoms with Crippen LogP contribution >= 0.6 is 0 Å². The highest BCUT2D eigenvalue weighted by atomic mass is 16.2. The normalized spacial score (nSPS) is 9.96. The average Bonchev–Trinajstić information content (AvgIpc) is 2.69. The van der Waals surface area contributed by atoms with Gasteiger partial charge in [0.1, 0.15) is 0 Å². The van der Waals surface area contributed by atoms with Gasteiger partial charge in [0, 0.05) is 37.2 Å². The van der Waals surface area contributed by atoms with Gasteiger partial charge in [-0.3, -0.25) is 0 Å². The van der Waals surface area contributed by atoms with Crippen LogP contribution in [0.25, 0.3) is 11.3 Å². The van der Waals surface area contributed by atoms with E-state index in [4.69, 9.17) is 5.26 Å². The van der Waals surface area contributed by atoms with Crippen LogP contribution in [-0.4, -0.2) is 30.1 Å². The summed E-state index contributed by atoms with van der Waals surface area (Å²) in [6.07, 6.45) is 1.70. The molecule has 0 aliphatic heterocycles. The molecule has 0 radical (unpaired) electrons. The Bertz CT molecular complexity index is 992. The SMILES string of the molecule is CN(C)c1nccc(-c2cccc(NC(=O)Nc3ccc(C#N)cc3)c2)n1. The highest BCUT2D eigenvalue weighted by molar-refractivity contribution is 6.00.